The van der Waals surface area contributed by atoms with Gasteiger partial charge in [0.25, 0.3) is 0 Å². The van der Waals surface area contributed by atoms with Crippen LogP contribution in [0.1, 0.15) is 36.8 Å². The van der Waals surface area contributed by atoms with Crippen molar-refractivity contribution in [3.05, 3.63) is 66.0 Å². The Hall–Kier alpha value is -2.39. The molecule has 1 saturated carbocycles. The fraction of sp³-hybridized carbons (Fsp3) is 0.286. The molecule has 0 amide bonds. The Morgan fingerprint density at radius 1 is 1.04 bits per heavy atom. The molecule has 1 fully saturated rings. The topological polar surface area (TPSA) is 43.8 Å². The van der Waals surface area contributed by atoms with Crippen LogP contribution in [0.3, 0.4) is 0 Å². The summed E-state index contributed by atoms with van der Waals surface area (Å²) in [5, 5.41) is 1.20. The van der Waals surface area contributed by atoms with Gasteiger partial charge < -0.3 is 10.3 Å². The van der Waals surface area contributed by atoms with Crippen LogP contribution in [0.5, 0.6) is 0 Å². The Morgan fingerprint density at radius 3 is 2.58 bits per heavy atom. The summed E-state index contributed by atoms with van der Waals surface area (Å²) in [4.78, 5) is 4.67. The molecule has 2 N–H and O–H groups in total. The maximum Gasteiger partial charge on any atom is 0.141 e. The number of nitrogens with zero attached hydrogens (tertiary/aromatic N) is 2. The first kappa shape index (κ1) is 15.2. The van der Waals surface area contributed by atoms with Crippen LogP contribution in [0, 0.1) is 0 Å². The van der Waals surface area contributed by atoms with Gasteiger partial charge in [-0.05, 0) is 30.5 Å². The van der Waals surface area contributed by atoms with Crippen LogP contribution in [0.2, 0.25) is 0 Å². The largest absolute Gasteiger partial charge is 0.328 e. The zero-order valence-corrected chi connectivity index (χ0v) is 13.9. The number of rotatable bonds is 4. The lowest BCUT2D eigenvalue weighted by atomic mass is 9.97. The molecule has 0 bridgehead atoms. The van der Waals surface area contributed by atoms with E-state index in [0.29, 0.717) is 6.54 Å². The molecule has 0 atom stereocenters. The SMILES string of the molecule is NCC1(n2cc(C=Cc3ccccc3)c3cccnc32)CCCC1. The van der Waals surface area contributed by atoms with Gasteiger partial charge in [0.1, 0.15) is 5.65 Å². The van der Waals surface area contributed by atoms with Crippen molar-refractivity contribution in [3.63, 3.8) is 0 Å². The Kier molecular flexibility index (Phi) is 3.95. The maximum atomic E-state index is 6.20. The number of pyridine rings is 1. The third-order valence-electron chi connectivity index (χ3n) is 5.27. The van der Waals surface area contributed by atoms with Crippen molar-refractivity contribution < 1.29 is 0 Å². The van der Waals surface area contributed by atoms with Gasteiger partial charge in [-0.25, -0.2) is 4.98 Å². The van der Waals surface area contributed by atoms with Crippen LogP contribution in [0.4, 0.5) is 0 Å². The molecule has 0 unspecified atom stereocenters. The number of hydrogen-bond donors (Lipinski definition) is 1. The van der Waals surface area contributed by atoms with E-state index in [1.54, 1.807) is 0 Å². The standard InChI is InChI=1S/C21H23N3/c22-16-21(12-4-5-13-21)24-15-18(19-9-6-14-23-20(19)24)11-10-17-7-2-1-3-8-17/h1-3,6-11,14-15H,4-5,12-13,16,22H2. The van der Waals surface area contributed by atoms with E-state index in [1.807, 2.05) is 18.3 Å². The second-order valence-electron chi connectivity index (χ2n) is 6.71. The molecule has 0 spiro atoms. The molecule has 0 aliphatic heterocycles. The molecule has 4 rings (SSSR count). The monoisotopic (exact) mass is 317 g/mol. The molecule has 1 aromatic carbocycles. The van der Waals surface area contributed by atoms with E-state index in [9.17, 15) is 0 Å². The van der Waals surface area contributed by atoms with E-state index in [1.165, 1.54) is 29.4 Å². The molecule has 2 aromatic heterocycles. The third-order valence-corrected chi connectivity index (χ3v) is 5.27. The zero-order valence-electron chi connectivity index (χ0n) is 13.9. The molecule has 2 heterocycles. The van der Waals surface area contributed by atoms with Crippen LogP contribution < -0.4 is 5.73 Å². The minimum atomic E-state index is 0.0332. The van der Waals surface area contributed by atoms with Crippen LogP contribution in [-0.4, -0.2) is 16.1 Å². The molecule has 0 saturated heterocycles. The molecule has 3 aromatic rings. The number of hydrogen-bond acceptors (Lipinski definition) is 2. The number of aromatic nitrogens is 2. The zero-order chi connectivity index (χ0) is 16.4. The van der Waals surface area contributed by atoms with Crippen molar-refractivity contribution in [1.29, 1.82) is 0 Å². The van der Waals surface area contributed by atoms with Crippen molar-refractivity contribution in [3.8, 4) is 0 Å². The molecule has 3 heteroatoms. The Balaban J connectivity index is 1.81. The van der Waals surface area contributed by atoms with Crippen molar-refractivity contribution >= 4 is 23.2 Å². The predicted molar refractivity (Wildman–Crippen MR) is 101 cm³/mol. The molecular formula is C21H23N3. The van der Waals surface area contributed by atoms with Gasteiger partial charge in [0, 0.05) is 29.9 Å². The van der Waals surface area contributed by atoms with Gasteiger partial charge in [-0.15, -0.1) is 0 Å². The summed E-state index contributed by atoms with van der Waals surface area (Å²) in [6.07, 6.45) is 13.3. The van der Waals surface area contributed by atoms with E-state index < -0.39 is 0 Å². The summed E-state index contributed by atoms with van der Waals surface area (Å²) in [5.41, 5.74) is 9.70. The highest BCUT2D eigenvalue weighted by molar-refractivity contribution is 5.90. The summed E-state index contributed by atoms with van der Waals surface area (Å²) >= 11 is 0. The highest BCUT2D eigenvalue weighted by Gasteiger charge is 2.35. The van der Waals surface area contributed by atoms with Crippen LogP contribution in [0.15, 0.2) is 54.9 Å². The summed E-state index contributed by atoms with van der Waals surface area (Å²) in [7, 11) is 0. The molecule has 1 aliphatic carbocycles. The fourth-order valence-corrected chi connectivity index (χ4v) is 3.91. The van der Waals surface area contributed by atoms with E-state index >= 15 is 0 Å². The highest BCUT2D eigenvalue weighted by Crippen LogP contribution is 2.39. The van der Waals surface area contributed by atoms with Crippen molar-refractivity contribution in [2.75, 3.05) is 6.54 Å². The molecular weight excluding hydrogens is 294 g/mol. The van der Waals surface area contributed by atoms with E-state index in [4.69, 9.17) is 5.73 Å². The molecule has 3 nitrogen and oxygen atoms in total. The van der Waals surface area contributed by atoms with Crippen LogP contribution in [0.25, 0.3) is 23.2 Å². The molecule has 24 heavy (non-hydrogen) atoms. The number of fused-ring (bicyclic) bond motifs is 1. The highest BCUT2D eigenvalue weighted by atomic mass is 15.1. The molecule has 122 valence electrons. The lowest BCUT2D eigenvalue weighted by Gasteiger charge is -2.30. The van der Waals surface area contributed by atoms with Crippen molar-refractivity contribution in [2.24, 2.45) is 5.73 Å². The van der Waals surface area contributed by atoms with E-state index in [-0.39, 0.29) is 5.54 Å². The Labute approximate surface area is 142 Å². The second kappa shape index (κ2) is 6.25. The van der Waals surface area contributed by atoms with Gasteiger partial charge in [-0.1, -0.05) is 55.3 Å². The normalized spacial score (nSPS) is 17.0. The number of nitrogens with two attached hydrogens (primary N) is 1. The van der Waals surface area contributed by atoms with Crippen LogP contribution >= 0.6 is 0 Å². The lowest BCUT2D eigenvalue weighted by Crippen LogP contribution is -2.38. The van der Waals surface area contributed by atoms with Gasteiger partial charge in [0.2, 0.25) is 0 Å². The summed E-state index contributed by atoms with van der Waals surface area (Å²) < 4.78 is 2.35. The second-order valence-corrected chi connectivity index (χ2v) is 6.71. The molecule has 0 radical (unpaired) electrons. The number of benzene rings is 1. The minimum Gasteiger partial charge on any atom is -0.328 e. The smallest absolute Gasteiger partial charge is 0.141 e. The van der Waals surface area contributed by atoms with E-state index in [0.717, 1.165) is 18.5 Å². The van der Waals surface area contributed by atoms with Gasteiger partial charge in [-0.3, -0.25) is 0 Å². The Bertz CT molecular complexity index is 855. The first-order valence-corrected chi connectivity index (χ1v) is 8.72. The molecule has 1 aliphatic rings. The van der Waals surface area contributed by atoms with Gasteiger partial charge in [0.05, 0.1) is 5.54 Å². The third kappa shape index (κ3) is 2.55. The quantitative estimate of drug-likeness (QED) is 0.773. The van der Waals surface area contributed by atoms with Gasteiger partial charge in [0.15, 0.2) is 0 Å². The summed E-state index contributed by atoms with van der Waals surface area (Å²) in [6.45, 7) is 0.676. The first-order valence-electron chi connectivity index (χ1n) is 8.72. The minimum absolute atomic E-state index is 0.0332. The summed E-state index contributed by atoms with van der Waals surface area (Å²) in [6, 6.07) is 14.6. The van der Waals surface area contributed by atoms with Gasteiger partial charge >= 0.3 is 0 Å². The average Bonchev–Trinajstić information content (AvgIpc) is 3.26. The summed E-state index contributed by atoms with van der Waals surface area (Å²) in [5.74, 6) is 0. The average molecular weight is 317 g/mol. The Morgan fingerprint density at radius 2 is 1.83 bits per heavy atom. The first-order chi connectivity index (χ1) is 11.8. The van der Waals surface area contributed by atoms with Gasteiger partial charge in [-0.2, -0.15) is 0 Å². The fourth-order valence-electron chi connectivity index (χ4n) is 3.91. The predicted octanol–water partition coefficient (Wildman–Crippen LogP) is 4.43. The van der Waals surface area contributed by atoms with Crippen molar-refractivity contribution in [2.45, 2.75) is 31.2 Å². The van der Waals surface area contributed by atoms with E-state index in [2.05, 4.69) is 58.2 Å². The lowest BCUT2D eigenvalue weighted by molar-refractivity contribution is 0.312. The van der Waals surface area contributed by atoms with Crippen molar-refractivity contribution in [1.82, 2.24) is 9.55 Å². The van der Waals surface area contributed by atoms with Crippen LogP contribution in [-0.2, 0) is 5.54 Å². The maximum absolute atomic E-state index is 6.20.